The molecule has 0 bridgehead atoms. The molecule has 1 aliphatic rings. The van der Waals surface area contributed by atoms with Crippen molar-refractivity contribution in [2.24, 2.45) is 0 Å². The van der Waals surface area contributed by atoms with Crippen molar-refractivity contribution in [3.05, 3.63) is 86.8 Å². The van der Waals surface area contributed by atoms with E-state index in [0.29, 0.717) is 14.9 Å². The fourth-order valence-electron chi connectivity index (χ4n) is 2.72. The van der Waals surface area contributed by atoms with E-state index in [-0.39, 0.29) is 16.8 Å². The molecule has 0 aromatic heterocycles. The minimum atomic E-state index is -0.561. The zero-order chi connectivity index (χ0) is 22.4. The molecule has 1 fully saturated rings. The van der Waals surface area contributed by atoms with Gasteiger partial charge < -0.3 is 0 Å². The van der Waals surface area contributed by atoms with Crippen molar-refractivity contribution in [1.82, 2.24) is 15.8 Å². The van der Waals surface area contributed by atoms with E-state index in [1.165, 1.54) is 4.90 Å². The molecular weight excluding hydrogens is 498 g/mol. The number of halogens is 1. The Balaban J connectivity index is 1.59. The second-order valence-corrected chi connectivity index (χ2v) is 9.08. The molecule has 6 nitrogen and oxygen atoms in total. The summed E-state index contributed by atoms with van der Waals surface area (Å²) in [6.45, 7) is 1.60. The molecule has 0 atom stereocenters. The van der Waals surface area contributed by atoms with Crippen molar-refractivity contribution in [3.63, 3.8) is 0 Å². The number of nitrogens with one attached hydrogen (secondary N) is 2. The summed E-state index contributed by atoms with van der Waals surface area (Å²) < 4.78 is 0.888. The van der Waals surface area contributed by atoms with Gasteiger partial charge in [0.2, 0.25) is 0 Å². The summed E-state index contributed by atoms with van der Waals surface area (Å²) in [5, 5.41) is 0. The molecule has 0 radical (unpaired) electrons. The van der Waals surface area contributed by atoms with Crippen LogP contribution in [-0.4, -0.2) is 33.5 Å². The number of hydrazine groups is 1. The lowest BCUT2D eigenvalue weighted by molar-refractivity contribution is -0.129. The van der Waals surface area contributed by atoms with Crippen molar-refractivity contribution < 1.29 is 14.4 Å². The van der Waals surface area contributed by atoms with Crippen LogP contribution < -0.4 is 10.9 Å². The Bertz CT molecular complexity index is 1100. The summed E-state index contributed by atoms with van der Waals surface area (Å²) in [4.78, 5) is 38.8. The first-order chi connectivity index (χ1) is 14.8. The van der Waals surface area contributed by atoms with Crippen LogP contribution in [0.15, 0.2) is 75.6 Å². The quantitative estimate of drug-likeness (QED) is 0.356. The van der Waals surface area contributed by atoms with Gasteiger partial charge in [-0.3, -0.25) is 30.1 Å². The summed E-state index contributed by atoms with van der Waals surface area (Å²) in [5.41, 5.74) is 6.92. The molecule has 2 N–H and O–H groups in total. The van der Waals surface area contributed by atoms with Crippen LogP contribution in [0.25, 0.3) is 6.08 Å². The summed E-state index contributed by atoms with van der Waals surface area (Å²) in [6, 6.07) is 16.6. The van der Waals surface area contributed by atoms with Crippen LogP contribution >= 0.6 is 39.9 Å². The first kappa shape index (κ1) is 22.9. The standard InChI is InChI=1S/C22H18BrN3O3S2/c1-14(11-15-7-3-2-4-8-15)12-18-21(29)26(22(30)31-18)13-19(27)24-25-20(28)16-9-5-6-10-17(16)23/h2-12H,13H2,1H3,(H,24,27)(H,25,28). The molecule has 31 heavy (non-hydrogen) atoms. The predicted molar refractivity (Wildman–Crippen MR) is 130 cm³/mol. The van der Waals surface area contributed by atoms with Crippen LogP contribution in [0.4, 0.5) is 0 Å². The molecule has 3 amide bonds. The van der Waals surface area contributed by atoms with E-state index in [1.807, 2.05) is 43.3 Å². The van der Waals surface area contributed by atoms with Gasteiger partial charge in [0.1, 0.15) is 10.9 Å². The fourth-order valence-corrected chi connectivity index (χ4v) is 4.49. The van der Waals surface area contributed by atoms with Gasteiger partial charge in [0.15, 0.2) is 0 Å². The average Bonchev–Trinajstić information content (AvgIpc) is 3.00. The normalized spacial score (nSPS) is 15.4. The molecule has 158 valence electrons. The van der Waals surface area contributed by atoms with Gasteiger partial charge in [-0.2, -0.15) is 0 Å². The first-order valence-electron chi connectivity index (χ1n) is 9.17. The van der Waals surface area contributed by atoms with Crippen LogP contribution in [0.5, 0.6) is 0 Å². The minimum absolute atomic E-state index is 0.288. The van der Waals surface area contributed by atoms with Crippen LogP contribution in [0, 0.1) is 0 Å². The molecule has 9 heteroatoms. The zero-order valence-corrected chi connectivity index (χ0v) is 19.6. The van der Waals surface area contributed by atoms with Gasteiger partial charge in [0.05, 0.1) is 10.5 Å². The summed E-state index contributed by atoms with van der Waals surface area (Å²) in [6.07, 6.45) is 3.70. The zero-order valence-electron chi connectivity index (χ0n) is 16.4. The monoisotopic (exact) mass is 515 g/mol. The van der Waals surface area contributed by atoms with Crippen molar-refractivity contribution in [2.75, 3.05) is 6.54 Å². The maximum atomic E-state index is 12.7. The minimum Gasteiger partial charge on any atom is -0.283 e. The second-order valence-electron chi connectivity index (χ2n) is 6.55. The third-order valence-electron chi connectivity index (χ3n) is 4.16. The number of thioether (sulfide) groups is 1. The Morgan fingerprint density at radius 3 is 2.48 bits per heavy atom. The van der Waals surface area contributed by atoms with Gasteiger partial charge in [0, 0.05) is 4.47 Å². The highest BCUT2D eigenvalue weighted by Gasteiger charge is 2.33. The maximum absolute atomic E-state index is 12.7. The smallest absolute Gasteiger partial charge is 0.270 e. The Morgan fingerprint density at radius 1 is 1.10 bits per heavy atom. The van der Waals surface area contributed by atoms with E-state index in [9.17, 15) is 14.4 Å². The molecule has 2 aromatic rings. The highest BCUT2D eigenvalue weighted by atomic mass is 79.9. The molecule has 0 unspecified atom stereocenters. The lowest BCUT2D eigenvalue weighted by atomic mass is 10.1. The number of thiocarbonyl (C=S) groups is 1. The van der Waals surface area contributed by atoms with Crippen LogP contribution in [0.2, 0.25) is 0 Å². The van der Waals surface area contributed by atoms with Crippen LogP contribution in [0.1, 0.15) is 22.8 Å². The van der Waals surface area contributed by atoms with E-state index in [1.54, 1.807) is 30.3 Å². The molecular formula is C22H18BrN3O3S2. The van der Waals surface area contributed by atoms with Gasteiger partial charge in [0.25, 0.3) is 17.7 Å². The number of nitrogens with zero attached hydrogens (tertiary/aromatic N) is 1. The molecule has 3 rings (SSSR count). The number of carbonyl (C=O) groups excluding carboxylic acids is 3. The predicted octanol–water partition coefficient (Wildman–Crippen LogP) is 4.06. The molecule has 1 heterocycles. The van der Waals surface area contributed by atoms with Gasteiger partial charge in [-0.15, -0.1) is 0 Å². The number of allylic oxidation sites excluding steroid dienone is 2. The van der Waals surface area contributed by atoms with Gasteiger partial charge in [-0.05, 0) is 52.2 Å². The SMILES string of the molecule is CC(=Cc1ccccc1)C=C1SC(=S)N(CC(=O)NNC(=O)c2ccccc2Br)C1=O. The number of benzene rings is 2. The number of hydrogen-bond acceptors (Lipinski definition) is 5. The van der Waals surface area contributed by atoms with Gasteiger partial charge >= 0.3 is 0 Å². The summed E-state index contributed by atoms with van der Waals surface area (Å²) in [7, 11) is 0. The Labute approximate surface area is 197 Å². The number of carbonyl (C=O) groups is 3. The Kier molecular flexibility index (Phi) is 7.78. The van der Waals surface area contributed by atoms with E-state index < -0.39 is 11.8 Å². The molecule has 0 aliphatic carbocycles. The van der Waals surface area contributed by atoms with Gasteiger partial charge in [-0.25, -0.2) is 0 Å². The lowest BCUT2D eigenvalue weighted by Crippen LogP contribution is -2.47. The van der Waals surface area contributed by atoms with E-state index in [2.05, 4.69) is 26.8 Å². The molecule has 0 spiro atoms. The van der Waals surface area contributed by atoms with E-state index in [0.717, 1.165) is 22.9 Å². The second kappa shape index (κ2) is 10.5. The van der Waals surface area contributed by atoms with E-state index >= 15 is 0 Å². The number of amides is 3. The molecule has 0 saturated carbocycles. The van der Waals surface area contributed by atoms with Crippen LogP contribution in [-0.2, 0) is 9.59 Å². The molecule has 1 aliphatic heterocycles. The third kappa shape index (κ3) is 6.13. The Hall–Kier alpha value is -2.75. The topological polar surface area (TPSA) is 78.5 Å². The van der Waals surface area contributed by atoms with Crippen molar-refractivity contribution in [2.45, 2.75) is 6.92 Å². The van der Waals surface area contributed by atoms with Crippen molar-refractivity contribution in [1.29, 1.82) is 0 Å². The third-order valence-corrected chi connectivity index (χ3v) is 6.23. The maximum Gasteiger partial charge on any atom is 0.270 e. The molecule has 2 aromatic carbocycles. The average molecular weight is 516 g/mol. The highest BCUT2D eigenvalue weighted by Crippen LogP contribution is 2.31. The summed E-state index contributed by atoms with van der Waals surface area (Å²) >= 11 is 9.68. The Morgan fingerprint density at radius 2 is 1.77 bits per heavy atom. The first-order valence-corrected chi connectivity index (χ1v) is 11.2. The van der Waals surface area contributed by atoms with Crippen LogP contribution in [0.3, 0.4) is 0 Å². The summed E-state index contributed by atoms with van der Waals surface area (Å²) in [5.74, 6) is -1.38. The van der Waals surface area contributed by atoms with Crippen molar-refractivity contribution in [3.8, 4) is 0 Å². The van der Waals surface area contributed by atoms with Gasteiger partial charge in [-0.1, -0.05) is 72.5 Å². The largest absolute Gasteiger partial charge is 0.283 e. The number of hydrogen-bond donors (Lipinski definition) is 2. The number of rotatable bonds is 5. The highest BCUT2D eigenvalue weighted by molar-refractivity contribution is 9.10. The fraction of sp³-hybridized carbons (Fsp3) is 0.0909. The molecule has 1 saturated heterocycles. The lowest BCUT2D eigenvalue weighted by Gasteiger charge is -2.14. The van der Waals surface area contributed by atoms with E-state index in [4.69, 9.17) is 12.2 Å². The van der Waals surface area contributed by atoms with Crippen molar-refractivity contribution >= 4 is 68.0 Å².